The molecule has 0 fully saturated rings. The summed E-state index contributed by atoms with van der Waals surface area (Å²) in [6.45, 7) is 0.802. The van der Waals surface area contributed by atoms with Crippen LogP contribution in [-0.2, 0) is 24.2 Å². The van der Waals surface area contributed by atoms with Gasteiger partial charge in [0.2, 0.25) is 5.91 Å². The third-order valence-electron chi connectivity index (χ3n) is 4.47. The van der Waals surface area contributed by atoms with Crippen molar-refractivity contribution in [2.75, 3.05) is 0 Å². The van der Waals surface area contributed by atoms with E-state index in [9.17, 15) is 4.79 Å². The summed E-state index contributed by atoms with van der Waals surface area (Å²) in [5, 5.41) is 15.9. The number of carbonyl (C=O) groups is 1. The predicted molar refractivity (Wildman–Crippen MR) is 96.1 cm³/mol. The molecule has 7 heteroatoms. The monoisotopic (exact) mass is 353 g/mol. The van der Waals surface area contributed by atoms with Crippen LogP contribution in [0.5, 0.6) is 0 Å². The van der Waals surface area contributed by atoms with Crippen molar-refractivity contribution in [1.29, 1.82) is 0 Å². The first-order valence-electron chi connectivity index (χ1n) is 8.42. The van der Waals surface area contributed by atoms with Crippen LogP contribution in [0.1, 0.15) is 24.2 Å². The summed E-state index contributed by atoms with van der Waals surface area (Å²) in [4.78, 5) is 16.4. The van der Waals surface area contributed by atoms with E-state index in [1.807, 2.05) is 35.2 Å². The first kappa shape index (κ1) is 16.0. The largest absolute Gasteiger partial charge is 0.353 e. The molecule has 0 aromatic carbocycles. The molecule has 0 spiro atoms. The topological polar surface area (TPSA) is 72.7 Å². The Kier molecular flexibility index (Phi) is 4.56. The van der Waals surface area contributed by atoms with Gasteiger partial charge < -0.3 is 9.88 Å². The number of carbonyl (C=O) groups excluding carboxylic acids is 1. The molecule has 3 aromatic rings. The van der Waals surface area contributed by atoms with Gasteiger partial charge >= 0.3 is 0 Å². The van der Waals surface area contributed by atoms with E-state index in [4.69, 9.17) is 0 Å². The minimum atomic E-state index is 0.0912. The number of pyridine rings is 1. The molecule has 4 rings (SSSR count). The molecule has 4 heterocycles. The highest BCUT2D eigenvalue weighted by atomic mass is 32.1. The molecule has 0 saturated carbocycles. The number of aryl methyl sites for hydroxylation is 1. The molecule has 1 aliphatic heterocycles. The number of amides is 1. The Morgan fingerprint density at radius 3 is 3.08 bits per heavy atom. The molecule has 1 atom stereocenters. The van der Waals surface area contributed by atoms with Crippen LogP contribution in [-0.4, -0.2) is 31.7 Å². The standard InChI is InChI=1S/C18H19N5OS/c24-17(10-13-6-9-25-12-13)20-15-3-4-16-21-22-18(23(16)8-5-15)14-2-1-7-19-11-14/h1-2,6-7,9,11-12,15H,3-5,8,10H2,(H,20,24). The van der Waals surface area contributed by atoms with Crippen LogP contribution in [0.15, 0.2) is 41.4 Å². The van der Waals surface area contributed by atoms with Gasteiger partial charge in [-0.25, -0.2) is 0 Å². The second-order valence-electron chi connectivity index (χ2n) is 6.23. The average molecular weight is 353 g/mol. The summed E-state index contributed by atoms with van der Waals surface area (Å²) < 4.78 is 2.15. The summed E-state index contributed by atoms with van der Waals surface area (Å²) >= 11 is 1.62. The Morgan fingerprint density at radius 1 is 1.32 bits per heavy atom. The van der Waals surface area contributed by atoms with E-state index in [1.165, 1.54) is 0 Å². The SMILES string of the molecule is O=C(Cc1ccsc1)NC1CCc2nnc(-c3cccnc3)n2CC1. The quantitative estimate of drug-likeness (QED) is 0.782. The molecule has 1 unspecified atom stereocenters. The number of fused-ring (bicyclic) bond motifs is 1. The van der Waals surface area contributed by atoms with E-state index in [-0.39, 0.29) is 11.9 Å². The van der Waals surface area contributed by atoms with Crippen molar-refractivity contribution < 1.29 is 4.79 Å². The Balaban J connectivity index is 1.42. The maximum absolute atomic E-state index is 12.2. The molecule has 1 N–H and O–H groups in total. The Labute approximate surface area is 149 Å². The number of hydrogen-bond acceptors (Lipinski definition) is 5. The van der Waals surface area contributed by atoms with Gasteiger partial charge in [-0.15, -0.1) is 10.2 Å². The maximum Gasteiger partial charge on any atom is 0.224 e. The van der Waals surface area contributed by atoms with Gasteiger partial charge in [0.25, 0.3) is 0 Å². The highest BCUT2D eigenvalue weighted by Crippen LogP contribution is 2.22. The zero-order chi connectivity index (χ0) is 17.1. The fourth-order valence-electron chi connectivity index (χ4n) is 3.20. The first-order valence-corrected chi connectivity index (χ1v) is 9.37. The van der Waals surface area contributed by atoms with Gasteiger partial charge in [0.15, 0.2) is 5.82 Å². The lowest BCUT2D eigenvalue weighted by molar-refractivity contribution is -0.121. The van der Waals surface area contributed by atoms with Gasteiger partial charge in [-0.05, 0) is 47.4 Å². The second-order valence-corrected chi connectivity index (χ2v) is 7.01. The van der Waals surface area contributed by atoms with Gasteiger partial charge in [0, 0.05) is 37.0 Å². The van der Waals surface area contributed by atoms with E-state index < -0.39 is 0 Å². The summed E-state index contributed by atoms with van der Waals surface area (Å²) in [6, 6.07) is 6.07. The molecule has 0 aliphatic carbocycles. The van der Waals surface area contributed by atoms with Crippen molar-refractivity contribution in [3.63, 3.8) is 0 Å². The van der Waals surface area contributed by atoms with E-state index in [0.29, 0.717) is 6.42 Å². The van der Waals surface area contributed by atoms with Crippen LogP contribution in [0.25, 0.3) is 11.4 Å². The first-order chi connectivity index (χ1) is 12.3. The lowest BCUT2D eigenvalue weighted by Crippen LogP contribution is -2.36. The van der Waals surface area contributed by atoms with Crippen molar-refractivity contribution in [2.24, 2.45) is 0 Å². The van der Waals surface area contributed by atoms with Gasteiger partial charge in [0.1, 0.15) is 5.82 Å². The number of thiophene rings is 1. The molecular weight excluding hydrogens is 334 g/mol. The molecule has 1 aliphatic rings. The van der Waals surface area contributed by atoms with Gasteiger partial charge in [0.05, 0.1) is 6.42 Å². The second kappa shape index (κ2) is 7.14. The molecule has 6 nitrogen and oxygen atoms in total. The van der Waals surface area contributed by atoms with Crippen LogP contribution in [0, 0.1) is 0 Å². The molecule has 1 amide bonds. The number of hydrogen-bond donors (Lipinski definition) is 1. The zero-order valence-corrected chi connectivity index (χ0v) is 14.6. The Hall–Kier alpha value is -2.54. The summed E-state index contributed by atoms with van der Waals surface area (Å²) in [5.41, 5.74) is 2.05. The number of nitrogens with zero attached hydrogens (tertiary/aromatic N) is 4. The molecule has 0 bridgehead atoms. The van der Waals surface area contributed by atoms with Crippen molar-refractivity contribution in [1.82, 2.24) is 25.1 Å². The average Bonchev–Trinajstić information content (AvgIpc) is 3.23. The minimum Gasteiger partial charge on any atom is -0.353 e. The zero-order valence-electron chi connectivity index (χ0n) is 13.8. The lowest BCUT2D eigenvalue weighted by atomic mass is 10.1. The van der Waals surface area contributed by atoms with Crippen LogP contribution in [0.4, 0.5) is 0 Å². The van der Waals surface area contributed by atoms with E-state index >= 15 is 0 Å². The third kappa shape index (κ3) is 3.61. The minimum absolute atomic E-state index is 0.0912. The van der Waals surface area contributed by atoms with Crippen molar-refractivity contribution in [2.45, 2.75) is 38.3 Å². The van der Waals surface area contributed by atoms with E-state index in [2.05, 4.69) is 25.1 Å². The molecule has 0 radical (unpaired) electrons. The van der Waals surface area contributed by atoms with Crippen molar-refractivity contribution in [3.05, 3.63) is 52.7 Å². The third-order valence-corrected chi connectivity index (χ3v) is 5.21. The number of rotatable bonds is 4. The predicted octanol–water partition coefficient (Wildman–Crippen LogP) is 2.47. The summed E-state index contributed by atoms with van der Waals surface area (Å²) in [5.74, 6) is 1.93. The van der Waals surface area contributed by atoms with Crippen LogP contribution in [0.3, 0.4) is 0 Å². The highest BCUT2D eigenvalue weighted by molar-refractivity contribution is 7.08. The van der Waals surface area contributed by atoms with Crippen molar-refractivity contribution in [3.8, 4) is 11.4 Å². The molecule has 25 heavy (non-hydrogen) atoms. The van der Waals surface area contributed by atoms with E-state index in [1.54, 1.807) is 17.5 Å². The van der Waals surface area contributed by atoms with Gasteiger partial charge in [-0.1, -0.05) is 0 Å². The van der Waals surface area contributed by atoms with Gasteiger partial charge in [-0.2, -0.15) is 11.3 Å². The lowest BCUT2D eigenvalue weighted by Gasteiger charge is -2.16. The molecule has 0 saturated heterocycles. The summed E-state index contributed by atoms with van der Waals surface area (Å²) in [7, 11) is 0. The Bertz CT molecular complexity index is 844. The smallest absolute Gasteiger partial charge is 0.224 e. The number of aromatic nitrogens is 4. The molecule has 128 valence electrons. The Morgan fingerprint density at radius 2 is 2.28 bits per heavy atom. The van der Waals surface area contributed by atoms with Crippen LogP contribution < -0.4 is 5.32 Å². The van der Waals surface area contributed by atoms with Crippen molar-refractivity contribution >= 4 is 17.2 Å². The van der Waals surface area contributed by atoms with Crippen LogP contribution in [0.2, 0.25) is 0 Å². The molecular formula is C18H19N5OS. The fraction of sp³-hybridized carbons (Fsp3) is 0.333. The normalized spacial score (nSPS) is 16.9. The molecule has 3 aromatic heterocycles. The highest BCUT2D eigenvalue weighted by Gasteiger charge is 2.22. The van der Waals surface area contributed by atoms with Gasteiger partial charge in [-0.3, -0.25) is 9.78 Å². The summed E-state index contributed by atoms with van der Waals surface area (Å²) in [6.07, 6.45) is 6.60. The maximum atomic E-state index is 12.2. The number of nitrogens with one attached hydrogen (secondary N) is 1. The van der Waals surface area contributed by atoms with E-state index in [0.717, 1.165) is 48.6 Å². The van der Waals surface area contributed by atoms with Crippen LogP contribution >= 0.6 is 11.3 Å². The fourth-order valence-corrected chi connectivity index (χ4v) is 3.87.